The van der Waals surface area contributed by atoms with Gasteiger partial charge in [0.05, 0.1) is 12.8 Å². The van der Waals surface area contributed by atoms with Crippen LogP contribution in [-0.4, -0.2) is 40.8 Å². The molecule has 6 heteroatoms. The van der Waals surface area contributed by atoms with Crippen LogP contribution in [0.4, 0.5) is 0 Å². The SMILES string of the molecule is COc1ccc2[nH]c(=O)c(CN(C)CCCc3c(C)n[nH]c3C)cc2c1. The molecule has 0 unspecified atom stereocenters. The molecule has 0 aliphatic carbocycles. The number of aryl methyl sites for hydroxylation is 2. The molecular formula is C20H26N4O2. The first kappa shape index (κ1) is 18.2. The molecule has 0 aliphatic heterocycles. The second-order valence-electron chi connectivity index (χ2n) is 6.83. The summed E-state index contributed by atoms with van der Waals surface area (Å²) in [5, 5.41) is 8.25. The number of aromatic amines is 2. The molecule has 3 rings (SSSR count). The van der Waals surface area contributed by atoms with Gasteiger partial charge in [-0.2, -0.15) is 5.10 Å². The molecule has 0 saturated heterocycles. The summed E-state index contributed by atoms with van der Waals surface area (Å²) in [4.78, 5) is 17.5. The van der Waals surface area contributed by atoms with Gasteiger partial charge in [0.15, 0.2) is 0 Å². The molecule has 2 aromatic heterocycles. The number of methoxy groups -OCH3 is 1. The van der Waals surface area contributed by atoms with Crippen molar-refractivity contribution in [3.63, 3.8) is 0 Å². The lowest BCUT2D eigenvalue weighted by atomic mass is 10.1. The van der Waals surface area contributed by atoms with Gasteiger partial charge in [-0.05, 0) is 70.1 Å². The number of hydrogen-bond acceptors (Lipinski definition) is 4. The standard InChI is InChI=1S/C20H26N4O2/c1-13-18(14(2)23-22-13)6-5-9-24(3)12-16-10-15-11-17(26-4)7-8-19(15)21-20(16)25/h7-8,10-11H,5-6,9,12H2,1-4H3,(H,21,25)(H,22,23). The van der Waals surface area contributed by atoms with E-state index in [0.717, 1.165) is 53.0 Å². The maximum absolute atomic E-state index is 12.3. The van der Waals surface area contributed by atoms with Crippen molar-refractivity contribution in [2.24, 2.45) is 0 Å². The number of ether oxygens (including phenoxy) is 1. The van der Waals surface area contributed by atoms with Crippen LogP contribution in [0.25, 0.3) is 10.9 Å². The fourth-order valence-electron chi connectivity index (χ4n) is 3.31. The summed E-state index contributed by atoms with van der Waals surface area (Å²) in [6, 6.07) is 7.62. The lowest BCUT2D eigenvalue weighted by Crippen LogP contribution is -2.24. The number of nitrogens with zero attached hydrogens (tertiary/aromatic N) is 2. The van der Waals surface area contributed by atoms with Crippen LogP contribution in [0, 0.1) is 13.8 Å². The molecule has 1 aromatic carbocycles. The molecule has 0 saturated carbocycles. The molecule has 6 nitrogen and oxygen atoms in total. The van der Waals surface area contributed by atoms with Crippen molar-refractivity contribution in [1.82, 2.24) is 20.1 Å². The largest absolute Gasteiger partial charge is 0.497 e. The molecule has 2 heterocycles. The quantitative estimate of drug-likeness (QED) is 0.684. The van der Waals surface area contributed by atoms with Crippen LogP contribution in [0.15, 0.2) is 29.1 Å². The third kappa shape index (κ3) is 3.96. The van der Waals surface area contributed by atoms with E-state index in [9.17, 15) is 4.79 Å². The molecule has 0 fully saturated rings. The molecule has 0 radical (unpaired) electrons. The number of H-pyrrole nitrogens is 2. The van der Waals surface area contributed by atoms with E-state index in [-0.39, 0.29) is 5.56 Å². The van der Waals surface area contributed by atoms with Crippen LogP contribution in [0.1, 0.15) is 28.9 Å². The van der Waals surface area contributed by atoms with Gasteiger partial charge in [0.2, 0.25) is 0 Å². The van der Waals surface area contributed by atoms with Gasteiger partial charge in [0, 0.05) is 28.7 Å². The van der Waals surface area contributed by atoms with Gasteiger partial charge < -0.3 is 14.6 Å². The normalized spacial score (nSPS) is 11.4. The van der Waals surface area contributed by atoms with Gasteiger partial charge in [-0.15, -0.1) is 0 Å². The van der Waals surface area contributed by atoms with Crippen molar-refractivity contribution in [2.45, 2.75) is 33.2 Å². The molecule has 0 amide bonds. The summed E-state index contributed by atoms with van der Waals surface area (Å²) in [6.07, 6.45) is 2.01. The average Bonchev–Trinajstić information content (AvgIpc) is 2.94. The molecule has 0 aliphatic rings. The monoisotopic (exact) mass is 354 g/mol. The zero-order valence-corrected chi connectivity index (χ0v) is 15.8. The van der Waals surface area contributed by atoms with Gasteiger partial charge in [0.1, 0.15) is 5.75 Å². The Morgan fingerprint density at radius 1 is 1.23 bits per heavy atom. The Morgan fingerprint density at radius 3 is 2.73 bits per heavy atom. The Morgan fingerprint density at radius 2 is 2.04 bits per heavy atom. The number of nitrogens with one attached hydrogen (secondary N) is 2. The Balaban J connectivity index is 1.65. The van der Waals surface area contributed by atoms with Crippen LogP contribution in [0.3, 0.4) is 0 Å². The highest BCUT2D eigenvalue weighted by Crippen LogP contribution is 2.19. The lowest BCUT2D eigenvalue weighted by molar-refractivity contribution is 0.321. The van der Waals surface area contributed by atoms with Crippen molar-refractivity contribution in [2.75, 3.05) is 20.7 Å². The maximum atomic E-state index is 12.3. The molecular weight excluding hydrogens is 328 g/mol. The van der Waals surface area contributed by atoms with Gasteiger partial charge in [0.25, 0.3) is 5.56 Å². The topological polar surface area (TPSA) is 74.0 Å². The summed E-state index contributed by atoms with van der Waals surface area (Å²) < 4.78 is 5.27. The number of aromatic nitrogens is 3. The Hall–Kier alpha value is -2.60. The molecule has 26 heavy (non-hydrogen) atoms. The highest BCUT2D eigenvalue weighted by molar-refractivity contribution is 5.80. The lowest BCUT2D eigenvalue weighted by Gasteiger charge is -2.16. The van der Waals surface area contributed by atoms with Gasteiger partial charge in [-0.25, -0.2) is 0 Å². The fraction of sp³-hybridized carbons (Fsp3) is 0.400. The van der Waals surface area contributed by atoms with E-state index in [2.05, 4.69) is 27.0 Å². The van der Waals surface area contributed by atoms with Crippen molar-refractivity contribution < 1.29 is 4.74 Å². The highest BCUT2D eigenvalue weighted by Gasteiger charge is 2.09. The minimum atomic E-state index is -0.0314. The summed E-state index contributed by atoms with van der Waals surface area (Å²) in [5.41, 5.74) is 5.08. The second-order valence-corrected chi connectivity index (χ2v) is 6.83. The fourth-order valence-corrected chi connectivity index (χ4v) is 3.31. The molecule has 138 valence electrons. The first-order valence-electron chi connectivity index (χ1n) is 8.87. The number of pyridine rings is 1. The van der Waals surface area contributed by atoms with E-state index < -0.39 is 0 Å². The van der Waals surface area contributed by atoms with Crippen molar-refractivity contribution in [3.8, 4) is 5.75 Å². The number of fused-ring (bicyclic) bond motifs is 1. The first-order valence-corrected chi connectivity index (χ1v) is 8.87. The molecule has 0 spiro atoms. The summed E-state index contributed by atoms with van der Waals surface area (Å²) in [7, 11) is 3.69. The second kappa shape index (κ2) is 7.74. The van der Waals surface area contributed by atoms with Crippen molar-refractivity contribution >= 4 is 10.9 Å². The van der Waals surface area contributed by atoms with Gasteiger partial charge in [-0.3, -0.25) is 9.89 Å². The van der Waals surface area contributed by atoms with E-state index in [4.69, 9.17) is 4.74 Å². The molecule has 3 aromatic rings. The van der Waals surface area contributed by atoms with Crippen LogP contribution in [0.5, 0.6) is 5.75 Å². The Kier molecular flexibility index (Phi) is 5.42. The smallest absolute Gasteiger partial charge is 0.252 e. The predicted octanol–water partition coefficient (Wildman–Crippen LogP) is 2.94. The van der Waals surface area contributed by atoms with Crippen LogP contribution in [0.2, 0.25) is 0 Å². The minimum Gasteiger partial charge on any atom is -0.497 e. The van der Waals surface area contributed by atoms with E-state index in [1.54, 1.807) is 7.11 Å². The zero-order chi connectivity index (χ0) is 18.7. The number of rotatable bonds is 7. The maximum Gasteiger partial charge on any atom is 0.252 e. The van der Waals surface area contributed by atoms with Crippen LogP contribution in [-0.2, 0) is 13.0 Å². The summed E-state index contributed by atoms with van der Waals surface area (Å²) in [6.45, 7) is 5.62. The Bertz CT molecular complexity index is 939. The highest BCUT2D eigenvalue weighted by atomic mass is 16.5. The van der Waals surface area contributed by atoms with E-state index in [1.165, 1.54) is 5.56 Å². The first-order chi connectivity index (χ1) is 12.5. The third-order valence-corrected chi connectivity index (χ3v) is 4.82. The van der Waals surface area contributed by atoms with Crippen molar-refractivity contribution in [1.29, 1.82) is 0 Å². The van der Waals surface area contributed by atoms with E-state index >= 15 is 0 Å². The Labute approximate surface area is 153 Å². The number of hydrogen-bond donors (Lipinski definition) is 2. The zero-order valence-electron chi connectivity index (χ0n) is 15.8. The van der Waals surface area contributed by atoms with Crippen LogP contribution >= 0.6 is 0 Å². The summed E-state index contributed by atoms with van der Waals surface area (Å²) >= 11 is 0. The number of benzene rings is 1. The molecule has 0 atom stereocenters. The predicted molar refractivity (Wildman–Crippen MR) is 104 cm³/mol. The molecule has 2 N–H and O–H groups in total. The van der Waals surface area contributed by atoms with Gasteiger partial charge >= 0.3 is 0 Å². The average molecular weight is 354 g/mol. The van der Waals surface area contributed by atoms with Crippen LogP contribution < -0.4 is 10.3 Å². The van der Waals surface area contributed by atoms with E-state index in [0.29, 0.717) is 6.54 Å². The minimum absolute atomic E-state index is 0.0314. The van der Waals surface area contributed by atoms with Gasteiger partial charge in [-0.1, -0.05) is 0 Å². The third-order valence-electron chi connectivity index (χ3n) is 4.82. The summed E-state index contributed by atoms with van der Waals surface area (Å²) in [5.74, 6) is 0.787. The molecule has 0 bridgehead atoms. The van der Waals surface area contributed by atoms with Crippen molar-refractivity contribution in [3.05, 3.63) is 57.1 Å². The van der Waals surface area contributed by atoms with E-state index in [1.807, 2.05) is 38.2 Å².